The van der Waals surface area contributed by atoms with Gasteiger partial charge in [-0.15, -0.1) is 11.8 Å². The van der Waals surface area contributed by atoms with Crippen molar-refractivity contribution in [3.8, 4) is 0 Å². The number of piperazine rings is 1. The molecule has 6 heteroatoms. The number of ether oxygens (including phenoxy) is 1. The molecule has 0 radical (unpaired) electrons. The Morgan fingerprint density at radius 1 is 1.41 bits per heavy atom. The molecular weight excluding hydrogens is 300 g/mol. The van der Waals surface area contributed by atoms with Crippen molar-refractivity contribution >= 4 is 23.6 Å². The van der Waals surface area contributed by atoms with Crippen molar-refractivity contribution in [2.45, 2.75) is 23.8 Å². The molecule has 22 heavy (non-hydrogen) atoms. The number of carbonyl (C=O) groups is 2. The Labute approximate surface area is 134 Å². The predicted molar refractivity (Wildman–Crippen MR) is 85.1 cm³/mol. The molecule has 2 aliphatic rings. The third-order valence-electron chi connectivity index (χ3n) is 3.89. The Morgan fingerprint density at radius 3 is 3.05 bits per heavy atom. The number of nitrogens with one attached hydrogen (secondary N) is 1. The molecule has 0 aliphatic carbocycles. The molecule has 1 atom stereocenters. The molecule has 0 spiro atoms. The van der Waals surface area contributed by atoms with Crippen LogP contribution in [0.2, 0.25) is 0 Å². The molecule has 3 rings (SSSR count). The molecule has 5 nitrogen and oxygen atoms in total. The van der Waals surface area contributed by atoms with Crippen LogP contribution in [0.5, 0.6) is 0 Å². The van der Waals surface area contributed by atoms with Crippen LogP contribution in [0.15, 0.2) is 29.2 Å². The number of hydrogen-bond donors (Lipinski definition) is 1. The van der Waals surface area contributed by atoms with E-state index in [4.69, 9.17) is 4.74 Å². The lowest BCUT2D eigenvalue weighted by Gasteiger charge is -2.27. The second-order valence-electron chi connectivity index (χ2n) is 5.52. The minimum atomic E-state index is -0.0934. The van der Waals surface area contributed by atoms with Gasteiger partial charge in [0.1, 0.15) is 0 Å². The van der Waals surface area contributed by atoms with E-state index in [2.05, 4.69) is 5.32 Å². The maximum atomic E-state index is 12.7. The van der Waals surface area contributed by atoms with Gasteiger partial charge in [0.15, 0.2) is 0 Å². The van der Waals surface area contributed by atoms with Gasteiger partial charge in [-0.3, -0.25) is 9.59 Å². The highest BCUT2D eigenvalue weighted by molar-refractivity contribution is 7.99. The number of amides is 2. The van der Waals surface area contributed by atoms with Gasteiger partial charge in [-0.25, -0.2) is 0 Å². The van der Waals surface area contributed by atoms with Crippen molar-refractivity contribution in [2.24, 2.45) is 0 Å². The zero-order chi connectivity index (χ0) is 15.4. The minimum Gasteiger partial charge on any atom is -0.377 e. The highest BCUT2D eigenvalue weighted by Gasteiger charge is 2.24. The van der Waals surface area contributed by atoms with Crippen molar-refractivity contribution in [1.82, 2.24) is 10.2 Å². The molecular formula is C16H20N2O3S. The third kappa shape index (κ3) is 3.62. The molecule has 2 amide bonds. The van der Waals surface area contributed by atoms with Crippen LogP contribution in [0.25, 0.3) is 0 Å². The second kappa shape index (κ2) is 7.15. The number of thioether (sulfide) groups is 1. The van der Waals surface area contributed by atoms with Gasteiger partial charge in [-0.1, -0.05) is 12.1 Å². The summed E-state index contributed by atoms with van der Waals surface area (Å²) in [5, 5.41) is 2.74. The summed E-state index contributed by atoms with van der Waals surface area (Å²) in [5.41, 5.74) is 0.681. The first-order chi connectivity index (χ1) is 10.7. The van der Waals surface area contributed by atoms with Crippen LogP contribution in [-0.4, -0.2) is 54.8 Å². The summed E-state index contributed by atoms with van der Waals surface area (Å²) in [6.07, 6.45) is 2.50. The second-order valence-corrected chi connectivity index (χ2v) is 6.58. The van der Waals surface area contributed by atoms with Crippen molar-refractivity contribution in [2.75, 3.05) is 32.0 Å². The van der Waals surface area contributed by atoms with Crippen molar-refractivity contribution < 1.29 is 14.3 Å². The van der Waals surface area contributed by atoms with Crippen molar-refractivity contribution in [1.29, 1.82) is 0 Å². The maximum Gasteiger partial charge on any atom is 0.255 e. The van der Waals surface area contributed by atoms with Gasteiger partial charge in [-0.2, -0.15) is 0 Å². The molecule has 2 saturated heterocycles. The number of benzene rings is 1. The molecule has 2 fully saturated rings. The minimum absolute atomic E-state index is 0.0645. The van der Waals surface area contributed by atoms with Crippen LogP contribution < -0.4 is 5.32 Å². The summed E-state index contributed by atoms with van der Waals surface area (Å²) < 4.78 is 5.64. The van der Waals surface area contributed by atoms with Crippen molar-refractivity contribution in [3.05, 3.63) is 29.8 Å². The van der Waals surface area contributed by atoms with Gasteiger partial charge < -0.3 is 15.0 Å². The Bertz CT molecular complexity index is 558. The van der Waals surface area contributed by atoms with Crippen LogP contribution in [0.3, 0.4) is 0 Å². The van der Waals surface area contributed by atoms with E-state index in [9.17, 15) is 9.59 Å². The molecule has 1 aromatic carbocycles. The molecule has 1 N–H and O–H groups in total. The molecule has 118 valence electrons. The Hall–Kier alpha value is -1.53. The highest BCUT2D eigenvalue weighted by atomic mass is 32.2. The first kappa shape index (κ1) is 15.4. The normalized spacial score (nSPS) is 21.7. The molecule has 0 bridgehead atoms. The van der Waals surface area contributed by atoms with Gasteiger partial charge >= 0.3 is 0 Å². The van der Waals surface area contributed by atoms with Crippen LogP contribution in [0, 0.1) is 0 Å². The summed E-state index contributed by atoms with van der Waals surface area (Å²) in [7, 11) is 0. The molecule has 2 aliphatic heterocycles. The lowest BCUT2D eigenvalue weighted by molar-refractivity contribution is -0.123. The number of rotatable bonds is 4. The lowest BCUT2D eigenvalue weighted by Crippen LogP contribution is -2.50. The fraction of sp³-hybridized carbons (Fsp3) is 0.500. The third-order valence-corrected chi connectivity index (χ3v) is 5.10. The van der Waals surface area contributed by atoms with Gasteiger partial charge in [0.2, 0.25) is 5.91 Å². The first-order valence-corrected chi connectivity index (χ1v) is 8.62. The Morgan fingerprint density at radius 2 is 2.27 bits per heavy atom. The zero-order valence-corrected chi connectivity index (χ0v) is 13.2. The number of carbonyl (C=O) groups excluding carboxylic acids is 2. The molecule has 0 aromatic heterocycles. The van der Waals surface area contributed by atoms with Crippen LogP contribution >= 0.6 is 11.8 Å². The Balaban J connectivity index is 1.69. The molecule has 1 aromatic rings. The summed E-state index contributed by atoms with van der Waals surface area (Å²) in [6.45, 7) is 2.07. The average Bonchev–Trinajstić information content (AvgIpc) is 3.06. The van der Waals surface area contributed by atoms with E-state index in [-0.39, 0.29) is 24.5 Å². The van der Waals surface area contributed by atoms with Gasteiger partial charge in [0.25, 0.3) is 5.91 Å². The summed E-state index contributed by atoms with van der Waals surface area (Å²) in [5.74, 6) is 0.708. The van der Waals surface area contributed by atoms with E-state index in [1.54, 1.807) is 16.7 Å². The fourth-order valence-electron chi connectivity index (χ4n) is 2.71. The Kier molecular flexibility index (Phi) is 5.00. The van der Waals surface area contributed by atoms with Crippen LogP contribution in [-0.2, 0) is 9.53 Å². The van der Waals surface area contributed by atoms with E-state index in [0.717, 1.165) is 30.1 Å². The van der Waals surface area contributed by atoms with Crippen LogP contribution in [0.1, 0.15) is 23.2 Å². The van der Waals surface area contributed by atoms with E-state index < -0.39 is 0 Å². The SMILES string of the molecule is O=C1CN(C(=O)c2ccccc2SC[C@@H]2CCCO2)CCN1. The fourth-order valence-corrected chi connectivity index (χ4v) is 3.82. The summed E-state index contributed by atoms with van der Waals surface area (Å²) >= 11 is 1.66. The van der Waals surface area contributed by atoms with E-state index in [1.165, 1.54) is 0 Å². The average molecular weight is 320 g/mol. The van der Waals surface area contributed by atoms with Gasteiger partial charge in [0, 0.05) is 30.3 Å². The highest BCUT2D eigenvalue weighted by Crippen LogP contribution is 2.27. The molecule has 2 heterocycles. The van der Waals surface area contributed by atoms with Gasteiger partial charge in [0.05, 0.1) is 18.2 Å². The largest absolute Gasteiger partial charge is 0.377 e. The lowest BCUT2D eigenvalue weighted by atomic mass is 10.2. The van der Waals surface area contributed by atoms with E-state index in [0.29, 0.717) is 18.7 Å². The molecule has 0 saturated carbocycles. The van der Waals surface area contributed by atoms with Crippen LogP contribution in [0.4, 0.5) is 0 Å². The first-order valence-electron chi connectivity index (χ1n) is 7.63. The topological polar surface area (TPSA) is 58.6 Å². The standard InChI is InChI=1S/C16H20N2O3S/c19-15-10-18(8-7-17-15)16(20)13-5-1-2-6-14(13)22-11-12-4-3-9-21-12/h1-2,5-6,12H,3-4,7-11H2,(H,17,19)/t12-/m0/s1. The molecule has 0 unspecified atom stereocenters. The monoisotopic (exact) mass is 320 g/mol. The maximum absolute atomic E-state index is 12.7. The summed E-state index contributed by atoms with van der Waals surface area (Å²) in [6, 6.07) is 7.62. The number of nitrogens with zero attached hydrogens (tertiary/aromatic N) is 1. The summed E-state index contributed by atoms with van der Waals surface area (Å²) in [4.78, 5) is 26.7. The smallest absolute Gasteiger partial charge is 0.255 e. The predicted octanol–water partition coefficient (Wildman–Crippen LogP) is 1.53. The van der Waals surface area contributed by atoms with E-state index in [1.807, 2.05) is 24.3 Å². The van der Waals surface area contributed by atoms with Gasteiger partial charge in [-0.05, 0) is 25.0 Å². The van der Waals surface area contributed by atoms with Crippen molar-refractivity contribution in [3.63, 3.8) is 0 Å². The number of hydrogen-bond acceptors (Lipinski definition) is 4. The zero-order valence-electron chi connectivity index (χ0n) is 12.4. The van der Waals surface area contributed by atoms with E-state index >= 15 is 0 Å². The quantitative estimate of drug-likeness (QED) is 0.855.